The number of ether oxygens (including phenoxy) is 1. The van der Waals surface area contributed by atoms with Gasteiger partial charge in [0.15, 0.2) is 0 Å². The van der Waals surface area contributed by atoms with Crippen molar-refractivity contribution >= 4 is 11.8 Å². The van der Waals surface area contributed by atoms with E-state index >= 15 is 0 Å². The highest BCUT2D eigenvalue weighted by Crippen LogP contribution is 2.34. The van der Waals surface area contributed by atoms with Gasteiger partial charge in [0.2, 0.25) is 0 Å². The first-order valence-electron chi connectivity index (χ1n) is 10.5. The van der Waals surface area contributed by atoms with Gasteiger partial charge in [-0.15, -0.1) is 0 Å². The molecule has 2 fully saturated rings. The second-order valence-corrected chi connectivity index (χ2v) is 8.99. The van der Waals surface area contributed by atoms with Gasteiger partial charge in [0.05, 0.1) is 11.3 Å². The lowest BCUT2D eigenvalue weighted by Crippen LogP contribution is -2.54. The van der Waals surface area contributed by atoms with Crippen molar-refractivity contribution in [1.82, 2.24) is 15.4 Å². The number of alkyl halides is 3. The second kappa shape index (κ2) is 9.01. The SMILES string of the molecule is CC(C)(C)OC(=O)N1CC[C@H](N(NNc2ccccc2C(F)(F)F)C2CCCC2)C1. The number of para-hydroxylation sites is 1. The lowest BCUT2D eigenvalue weighted by molar-refractivity contribution is -0.137. The number of benzene rings is 1. The third-order valence-electron chi connectivity index (χ3n) is 5.48. The van der Waals surface area contributed by atoms with Crippen LogP contribution in [0.1, 0.15) is 58.4 Å². The van der Waals surface area contributed by atoms with Crippen molar-refractivity contribution in [2.24, 2.45) is 0 Å². The van der Waals surface area contributed by atoms with Crippen molar-refractivity contribution in [3.8, 4) is 0 Å². The van der Waals surface area contributed by atoms with Gasteiger partial charge < -0.3 is 15.1 Å². The fourth-order valence-electron chi connectivity index (χ4n) is 4.09. The first-order valence-corrected chi connectivity index (χ1v) is 10.5. The third-order valence-corrected chi connectivity index (χ3v) is 5.48. The molecule has 1 amide bonds. The third kappa shape index (κ3) is 5.78. The Morgan fingerprint density at radius 1 is 1.10 bits per heavy atom. The molecule has 3 rings (SSSR count). The van der Waals surface area contributed by atoms with Crippen molar-refractivity contribution in [1.29, 1.82) is 0 Å². The molecule has 2 N–H and O–H groups in total. The minimum Gasteiger partial charge on any atom is -0.444 e. The lowest BCUT2D eigenvalue weighted by atomic mass is 10.1. The standard InChI is InChI=1S/C21H31F3N4O2/c1-20(2,3)30-19(29)27-13-12-16(14-27)28(15-8-4-5-9-15)26-25-18-11-7-6-10-17(18)21(22,23)24/h6-7,10-11,15-16,25-26H,4-5,8-9,12-14H2,1-3H3/t16-/m0/s1. The molecule has 1 aliphatic carbocycles. The molecule has 168 valence electrons. The number of hydrogen-bond donors (Lipinski definition) is 2. The van der Waals surface area contributed by atoms with Gasteiger partial charge in [-0.3, -0.25) is 0 Å². The number of likely N-dealkylation sites (tertiary alicyclic amines) is 1. The van der Waals surface area contributed by atoms with Crippen LogP contribution in [0.2, 0.25) is 0 Å². The zero-order valence-corrected chi connectivity index (χ0v) is 17.8. The van der Waals surface area contributed by atoms with E-state index in [1.807, 2.05) is 25.8 Å². The van der Waals surface area contributed by atoms with E-state index in [0.717, 1.165) is 38.2 Å². The number of rotatable bonds is 5. The minimum atomic E-state index is -4.44. The molecule has 1 heterocycles. The molecule has 6 nitrogen and oxygen atoms in total. The Kier molecular flexibility index (Phi) is 6.81. The van der Waals surface area contributed by atoms with Crippen LogP contribution < -0.4 is 11.0 Å². The van der Waals surface area contributed by atoms with Crippen molar-refractivity contribution in [2.45, 2.75) is 76.7 Å². The smallest absolute Gasteiger partial charge is 0.418 e. The summed E-state index contributed by atoms with van der Waals surface area (Å²) in [6, 6.07) is 5.61. The normalized spacial score (nSPS) is 20.8. The fraction of sp³-hybridized carbons (Fsp3) is 0.667. The number of hydrazine groups is 2. The highest BCUT2D eigenvalue weighted by atomic mass is 19.4. The molecule has 9 heteroatoms. The topological polar surface area (TPSA) is 56.8 Å². The molecule has 2 aliphatic rings. The Morgan fingerprint density at radius 2 is 1.77 bits per heavy atom. The average molecular weight is 428 g/mol. The predicted octanol–water partition coefficient (Wildman–Crippen LogP) is 4.79. The first kappa shape index (κ1) is 22.7. The van der Waals surface area contributed by atoms with Gasteiger partial charge in [-0.2, -0.15) is 18.7 Å². The molecule has 0 radical (unpaired) electrons. The molecule has 0 unspecified atom stereocenters. The summed E-state index contributed by atoms with van der Waals surface area (Å²) in [7, 11) is 0. The van der Waals surface area contributed by atoms with E-state index in [1.54, 1.807) is 11.0 Å². The number of carbonyl (C=O) groups excluding carboxylic acids is 1. The first-order chi connectivity index (χ1) is 14.0. The van der Waals surface area contributed by atoms with E-state index in [4.69, 9.17) is 4.74 Å². The van der Waals surface area contributed by atoms with Crippen molar-refractivity contribution < 1.29 is 22.7 Å². The Hall–Kier alpha value is -2.00. The summed E-state index contributed by atoms with van der Waals surface area (Å²) in [6.07, 6.45) is 0.0496. The summed E-state index contributed by atoms with van der Waals surface area (Å²) in [5.74, 6) is 0. The summed E-state index contributed by atoms with van der Waals surface area (Å²) in [5.41, 5.74) is 4.52. The number of nitrogens with one attached hydrogen (secondary N) is 2. The summed E-state index contributed by atoms with van der Waals surface area (Å²) < 4.78 is 45.4. The summed E-state index contributed by atoms with van der Waals surface area (Å²) in [6.45, 7) is 6.51. The average Bonchev–Trinajstić information content (AvgIpc) is 3.32. The van der Waals surface area contributed by atoms with Crippen LogP contribution in [0.4, 0.5) is 23.7 Å². The van der Waals surface area contributed by atoms with Crippen LogP contribution >= 0.6 is 0 Å². The second-order valence-electron chi connectivity index (χ2n) is 8.99. The molecular formula is C21H31F3N4O2. The molecule has 0 aromatic heterocycles. The molecule has 1 aromatic rings. The molecule has 1 saturated carbocycles. The van der Waals surface area contributed by atoms with E-state index < -0.39 is 17.3 Å². The van der Waals surface area contributed by atoms with Crippen molar-refractivity contribution in [2.75, 3.05) is 18.5 Å². The molecule has 1 saturated heterocycles. The fourth-order valence-corrected chi connectivity index (χ4v) is 4.09. The van der Waals surface area contributed by atoms with E-state index in [-0.39, 0.29) is 23.9 Å². The Labute approximate surface area is 175 Å². The zero-order valence-electron chi connectivity index (χ0n) is 17.8. The molecular weight excluding hydrogens is 397 g/mol. The van der Waals surface area contributed by atoms with E-state index in [0.29, 0.717) is 13.1 Å². The quantitative estimate of drug-likeness (QED) is 0.661. The number of nitrogens with zero attached hydrogens (tertiary/aromatic N) is 2. The predicted molar refractivity (Wildman–Crippen MR) is 109 cm³/mol. The molecule has 1 atom stereocenters. The Balaban J connectivity index is 1.69. The maximum atomic E-state index is 13.3. The van der Waals surface area contributed by atoms with E-state index in [2.05, 4.69) is 11.0 Å². The van der Waals surface area contributed by atoms with Crippen LogP contribution in [0.25, 0.3) is 0 Å². The summed E-state index contributed by atoms with van der Waals surface area (Å²) in [4.78, 5) is 14.1. The highest BCUT2D eigenvalue weighted by Gasteiger charge is 2.37. The molecule has 1 aromatic carbocycles. The maximum Gasteiger partial charge on any atom is 0.418 e. The summed E-state index contributed by atoms with van der Waals surface area (Å²) >= 11 is 0. The monoisotopic (exact) mass is 428 g/mol. The highest BCUT2D eigenvalue weighted by molar-refractivity contribution is 5.68. The Bertz CT molecular complexity index is 730. The van der Waals surface area contributed by atoms with Gasteiger partial charge in [0, 0.05) is 25.2 Å². The van der Waals surface area contributed by atoms with Crippen LogP contribution in [0.5, 0.6) is 0 Å². The van der Waals surface area contributed by atoms with Crippen LogP contribution in [-0.4, -0.2) is 46.8 Å². The number of halogens is 3. The Morgan fingerprint density at radius 3 is 2.40 bits per heavy atom. The van der Waals surface area contributed by atoms with Gasteiger partial charge in [0.1, 0.15) is 5.60 Å². The van der Waals surface area contributed by atoms with Gasteiger partial charge in [-0.25, -0.2) is 9.80 Å². The van der Waals surface area contributed by atoms with Gasteiger partial charge in [0.25, 0.3) is 0 Å². The van der Waals surface area contributed by atoms with Crippen molar-refractivity contribution in [3.05, 3.63) is 29.8 Å². The number of anilines is 1. The van der Waals surface area contributed by atoms with Gasteiger partial charge in [-0.1, -0.05) is 25.0 Å². The van der Waals surface area contributed by atoms with Gasteiger partial charge >= 0.3 is 12.3 Å². The molecule has 0 spiro atoms. The van der Waals surface area contributed by atoms with Crippen LogP contribution in [0.15, 0.2) is 24.3 Å². The molecule has 30 heavy (non-hydrogen) atoms. The number of amides is 1. The molecule has 0 bridgehead atoms. The zero-order chi connectivity index (χ0) is 21.9. The van der Waals surface area contributed by atoms with E-state index in [9.17, 15) is 18.0 Å². The van der Waals surface area contributed by atoms with Crippen LogP contribution in [-0.2, 0) is 10.9 Å². The van der Waals surface area contributed by atoms with Crippen LogP contribution in [0, 0.1) is 0 Å². The van der Waals surface area contributed by atoms with Gasteiger partial charge in [-0.05, 0) is 52.2 Å². The van der Waals surface area contributed by atoms with E-state index in [1.165, 1.54) is 12.1 Å². The largest absolute Gasteiger partial charge is 0.444 e. The number of hydrogen-bond acceptors (Lipinski definition) is 5. The number of carbonyl (C=O) groups is 1. The lowest BCUT2D eigenvalue weighted by Gasteiger charge is -2.35. The summed E-state index contributed by atoms with van der Waals surface area (Å²) in [5, 5.41) is 2.00. The molecule has 1 aliphatic heterocycles. The van der Waals surface area contributed by atoms with Crippen LogP contribution in [0.3, 0.4) is 0 Å². The maximum absolute atomic E-state index is 13.3. The minimum absolute atomic E-state index is 0.00818. The van der Waals surface area contributed by atoms with Crippen molar-refractivity contribution in [3.63, 3.8) is 0 Å².